The van der Waals surface area contributed by atoms with Gasteiger partial charge in [-0.2, -0.15) is 0 Å². The Morgan fingerprint density at radius 1 is 1.19 bits per heavy atom. The molecule has 1 aliphatic heterocycles. The molecule has 1 atom stereocenters. The molecule has 1 saturated carbocycles. The third-order valence-corrected chi connectivity index (χ3v) is 5.27. The van der Waals surface area contributed by atoms with Crippen molar-refractivity contribution in [1.82, 2.24) is 5.32 Å². The Labute approximate surface area is 126 Å². The van der Waals surface area contributed by atoms with Gasteiger partial charge in [-0.15, -0.1) is 0 Å². The lowest BCUT2D eigenvalue weighted by molar-refractivity contribution is 0.376. The number of hydrogen-bond donors (Lipinski definition) is 2. The van der Waals surface area contributed by atoms with Gasteiger partial charge in [0.15, 0.2) is 0 Å². The van der Waals surface area contributed by atoms with Gasteiger partial charge in [0.2, 0.25) is 10.0 Å². The third-order valence-electron chi connectivity index (χ3n) is 4.34. The van der Waals surface area contributed by atoms with Crippen LogP contribution in [-0.2, 0) is 10.0 Å². The monoisotopic (exact) mass is 309 g/mol. The Bertz CT molecular complexity index is 575. The number of hydrogen-bond acceptors (Lipinski definition) is 4. The van der Waals surface area contributed by atoms with Gasteiger partial charge in [0.05, 0.1) is 4.90 Å². The van der Waals surface area contributed by atoms with E-state index in [9.17, 15) is 8.42 Å². The fourth-order valence-corrected chi connectivity index (χ4v) is 3.55. The molecule has 3 N–H and O–H groups in total. The van der Waals surface area contributed by atoms with Crippen molar-refractivity contribution in [3.8, 4) is 0 Å². The van der Waals surface area contributed by atoms with Crippen molar-refractivity contribution in [1.29, 1.82) is 0 Å². The van der Waals surface area contributed by atoms with Crippen molar-refractivity contribution in [2.24, 2.45) is 11.1 Å². The molecule has 1 aromatic carbocycles. The van der Waals surface area contributed by atoms with Gasteiger partial charge >= 0.3 is 0 Å². The van der Waals surface area contributed by atoms with Gasteiger partial charge in [-0.05, 0) is 69.0 Å². The molecule has 116 valence electrons. The van der Waals surface area contributed by atoms with Gasteiger partial charge in [-0.3, -0.25) is 0 Å². The van der Waals surface area contributed by atoms with Crippen LogP contribution >= 0.6 is 0 Å². The van der Waals surface area contributed by atoms with E-state index < -0.39 is 10.0 Å². The number of anilines is 1. The van der Waals surface area contributed by atoms with E-state index in [4.69, 9.17) is 5.14 Å². The average Bonchev–Trinajstić information content (AvgIpc) is 3.30. The summed E-state index contributed by atoms with van der Waals surface area (Å²) in [5, 5.41) is 8.61. The van der Waals surface area contributed by atoms with Crippen molar-refractivity contribution in [2.75, 3.05) is 24.5 Å². The Hall–Kier alpha value is -1.11. The predicted octanol–water partition coefficient (Wildman–Crippen LogP) is 1.30. The standard InChI is InChI=1S/C15H23N3O2S/c16-21(19,20)15-7-5-14(6-8-15)18(13-3-4-13)11-12-2-1-9-17-10-12/h5-8,12-13,17H,1-4,9-11H2,(H2,16,19,20). The first kappa shape index (κ1) is 14.8. The molecule has 1 aliphatic carbocycles. The van der Waals surface area contributed by atoms with E-state index in [1.165, 1.54) is 25.7 Å². The van der Waals surface area contributed by atoms with Crippen LogP contribution in [0.4, 0.5) is 5.69 Å². The zero-order valence-corrected chi connectivity index (χ0v) is 13.0. The Kier molecular flexibility index (Phi) is 4.19. The van der Waals surface area contributed by atoms with Crippen LogP contribution in [0.2, 0.25) is 0 Å². The summed E-state index contributed by atoms with van der Waals surface area (Å²) in [6.07, 6.45) is 4.98. The topological polar surface area (TPSA) is 75.4 Å². The third kappa shape index (κ3) is 3.75. The number of nitrogens with two attached hydrogens (primary N) is 1. The first-order valence-electron chi connectivity index (χ1n) is 7.64. The molecule has 0 radical (unpaired) electrons. The molecule has 2 aliphatic rings. The minimum Gasteiger partial charge on any atom is -0.368 e. The zero-order valence-electron chi connectivity index (χ0n) is 12.2. The van der Waals surface area contributed by atoms with Crippen molar-refractivity contribution < 1.29 is 8.42 Å². The molecule has 2 fully saturated rings. The summed E-state index contributed by atoms with van der Waals surface area (Å²) in [6, 6.07) is 7.60. The summed E-state index contributed by atoms with van der Waals surface area (Å²) in [7, 11) is -3.61. The predicted molar refractivity (Wildman–Crippen MR) is 83.8 cm³/mol. The number of rotatable bonds is 5. The SMILES string of the molecule is NS(=O)(=O)c1ccc(N(CC2CCCNC2)C2CC2)cc1. The number of nitrogens with one attached hydrogen (secondary N) is 1. The molecule has 3 rings (SSSR count). The molecule has 21 heavy (non-hydrogen) atoms. The maximum atomic E-state index is 11.3. The maximum Gasteiger partial charge on any atom is 0.238 e. The lowest BCUT2D eigenvalue weighted by atomic mass is 9.98. The van der Waals surface area contributed by atoms with E-state index in [1.807, 2.05) is 12.1 Å². The molecule has 0 amide bonds. The summed E-state index contributed by atoms with van der Waals surface area (Å²) in [5.74, 6) is 0.678. The second kappa shape index (κ2) is 5.94. The minimum absolute atomic E-state index is 0.182. The van der Waals surface area contributed by atoms with Crippen LogP contribution in [-0.4, -0.2) is 34.1 Å². The van der Waals surface area contributed by atoms with Crippen LogP contribution in [0.1, 0.15) is 25.7 Å². The molecule has 5 nitrogen and oxygen atoms in total. The van der Waals surface area contributed by atoms with E-state index in [0.29, 0.717) is 12.0 Å². The molecular formula is C15H23N3O2S. The van der Waals surface area contributed by atoms with Crippen molar-refractivity contribution >= 4 is 15.7 Å². The number of nitrogens with zero attached hydrogens (tertiary/aromatic N) is 1. The number of benzene rings is 1. The first-order valence-corrected chi connectivity index (χ1v) is 9.19. The lowest BCUT2D eigenvalue weighted by Gasteiger charge is -2.32. The van der Waals surface area contributed by atoms with E-state index in [2.05, 4.69) is 10.2 Å². The second-order valence-electron chi connectivity index (χ2n) is 6.13. The summed E-state index contributed by atoms with van der Waals surface area (Å²) in [5.41, 5.74) is 1.11. The zero-order chi connectivity index (χ0) is 14.9. The number of primary sulfonamides is 1. The molecule has 6 heteroatoms. The van der Waals surface area contributed by atoms with E-state index in [1.54, 1.807) is 12.1 Å². The Balaban J connectivity index is 1.74. The highest BCUT2D eigenvalue weighted by Crippen LogP contribution is 2.33. The van der Waals surface area contributed by atoms with Gasteiger partial charge in [-0.25, -0.2) is 13.6 Å². The molecule has 1 saturated heterocycles. The summed E-state index contributed by atoms with van der Waals surface area (Å²) in [6.45, 7) is 3.26. The average molecular weight is 309 g/mol. The quantitative estimate of drug-likeness (QED) is 0.860. The van der Waals surface area contributed by atoms with Gasteiger partial charge in [0, 0.05) is 18.3 Å². The van der Waals surface area contributed by atoms with Crippen LogP contribution in [0.25, 0.3) is 0 Å². The largest absolute Gasteiger partial charge is 0.368 e. The Morgan fingerprint density at radius 3 is 2.43 bits per heavy atom. The van der Waals surface area contributed by atoms with E-state index in [0.717, 1.165) is 25.3 Å². The molecule has 1 unspecified atom stereocenters. The van der Waals surface area contributed by atoms with Gasteiger partial charge in [0.25, 0.3) is 0 Å². The maximum absolute atomic E-state index is 11.3. The lowest BCUT2D eigenvalue weighted by Crippen LogP contribution is -2.39. The van der Waals surface area contributed by atoms with Crippen LogP contribution in [0.3, 0.4) is 0 Å². The van der Waals surface area contributed by atoms with Gasteiger partial charge < -0.3 is 10.2 Å². The highest BCUT2D eigenvalue weighted by molar-refractivity contribution is 7.89. The fraction of sp³-hybridized carbons (Fsp3) is 0.600. The van der Waals surface area contributed by atoms with Crippen LogP contribution in [0.5, 0.6) is 0 Å². The number of piperidine rings is 1. The molecule has 0 bridgehead atoms. The highest BCUT2D eigenvalue weighted by Gasteiger charge is 2.31. The van der Waals surface area contributed by atoms with Crippen molar-refractivity contribution in [3.05, 3.63) is 24.3 Å². The summed E-state index contributed by atoms with van der Waals surface area (Å²) < 4.78 is 22.7. The van der Waals surface area contributed by atoms with Crippen LogP contribution in [0.15, 0.2) is 29.2 Å². The summed E-state index contributed by atoms with van der Waals surface area (Å²) in [4.78, 5) is 2.62. The normalized spacial score (nSPS) is 23.0. The highest BCUT2D eigenvalue weighted by atomic mass is 32.2. The smallest absolute Gasteiger partial charge is 0.238 e. The van der Waals surface area contributed by atoms with Crippen molar-refractivity contribution in [2.45, 2.75) is 36.6 Å². The fourth-order valence-electron chi connectivity index (χ4n) is 3.04. The molecule has 0 spiro atoms. The first-order chi connectivity index (χ1) is 10.0. The van der Waals surface area contributed by atoms with E-state index >= 15 is 0 Å². The molecule has 1 heterocycles. The molecular weight excluding hydrogens is 286 g/mol. The molecule has 1 aromatic rings. The van der Waals surface area contributed by atoms with Crippen molar-refractivity contribution in [3.63, 3.8) is 0 Å². The summed E-state index contributed by atoms with van der Waals surface area (Å²) >= 11 is 0. The Morgan fingerprint density at radius 2 is 1.90 bits per heavy atom. The van der Waals surface area contributed by atoms with Crippen LogP contribution < -0.4 is 15.4 Å². The minimum atomic E-state index is -3.61. The second-order valence-corrected chi connectivity index (χ2v) is 7.70. The van der Waals surface area contributed by atoms with Crippen LogP contribution in [0, 0.1) is 5.92 Å². The van der Waals surface area contributed by atoms with E-state index in [-0.39, 0.29) is 4.90 Å². The number of sulfonamides is 1. The van der Waals surface area contributed by atoms with Gasteiger partial charge in [-0.1, -0.05) is 0 Å². The van der Waals surface area contributed by atoms with Gasteiger partial charge in [0.1, 0.15) is 0 Å². The molecule has 0 aromatic heterocycles.